The molecule has 4 atom stereocenters. The number of rotatable bonds is 9. The van der Waals surface area contributed by atoms with Crippen molar-refractivity contribution in [2.75, 3.05) is 60.7 Å². The standard InChI is InChI=1S/C22H25ClN6O4.C16H23BrClN3O3/c1-5-21(31)28-9-15(11-33-4)29(13(2)30)19(10-28)14-6-17(27-20(23)7-14)16-8-18(22(32)24-3)26-12-25-16;1-16(2,3)24-15(22)21-7-11(9-23-4)19-12(8-21)10-5-13(17)20-14(18)6-10/h5-8,12,15,19H,1,9-11H2,2-4H3,(H,24,32);5-6,11-12,19H,7-9H2,1-4H3/t15-,19-;11-,12-/m00/s1. The Bertz CT molecular complexity index is 1920. The fourth-order valence-corrected chi connectivity index (χ4v) is 7.54. The summed E-state index contributed by atoms with van der Waals surface area (Å²) < 4.78 is 16.7. The third-order valence-corrected chi connectivity index (χ3v) is 9.63. The zero-order valence-electron chi connectivity index (χ0n) is 32.9. The largest absolute Gasteiger partial charge is 0.444 e. The van der Waals surface area contributed by atoms with E-state index in [2.05, 4.69) is 53.1 Å². The highest BCUT2D eigenvalue weighted by Gasteiger charge is 2.39. The van der Waals surface area contributed by atoms with E-state index in [9.17, 15) is 19.2 Å². The smallest absolute Gasteiger partial charge is 0.410 e. The van der Waals surface area contributed by atoms with E-state index in [1.807, 2.05) is 26.8 Å². The molecule has 0 saturated carbocycles. The molecule has 0 unspecified atom stereocenters. The first kappa shape index (κ1) is 45.4. The lowest BCUT2D eigenvalue weighted by atomic mass is 9.98. The van der Waals surface area contributed by atoms with E-state index in [0.29, 0.717) is 52.9 Å². The molecule has 0 aromatic carbocycles. The third kappa shape index (κ3) is 12.6. The quantitative estimate of drug-likeness (QED) is 0.220. The molecule has 0 bridgehead atoms. The molecule has 2 saturated heterocycles. The summed E-state index contributed by atoms with van der Waals surface area (Å²) in [6, 6.07) is 7.66. The van der Waals surface area contributed by atoms with Crippen LogP contribution in [0.25, 0.3) is 11.4 Å². The number of hydrogen-bond acceptors (Lipinski definition) is 12. The van der Waals surface area contributed by atoms with Crippen LogP contribution in [0.4, 0.5) is 4.79 Å². The Morgan fingerprint density at radius 2 is 1.61 bits per heavy atom. The topological polar surface area (TPSA) is 181 Å². The molecular formula is C38H48BrCl2N9O7. The summed E-state index contributed by atoms with van der Waals surface area (Å²) in [4.78, 5) is 71.2. The molecule has 19 heteroatoms. The molecule has 2 fully saturated rings. The van der Waals surface area contributed by atoms with E-state index in [1.54, 1.807) is 47.1 Å². The summed E-state index contributed by atoms with van der Waals surface area (Å²) in [6.45, 7) is 13.0. The van der Waals surface area contributed by atoms with Gasteiger partial charge in [-0.15, -0.1) is 0 Å². The van der Waals surface area contributed by atoms with Crippen molar-refractivity contribution in [3.8, 4) is 11.4 Å². The summed E-state index contributed by atoms with van der Waals surface area (Å²) >= 11 is 15.8. The van der Waals surface area contributed by atoms with E-state index in [0.717, 1.165) is 5.56 Å². The Morgan fingerprint density at radius 1 is 0.930 bits per heavy atom. The van der Waals surface area contributed by atoms with Crippen molar-refractivity contribution < 1.29 is 33.4 Å². The molecular weight excluding hydrogens is 845 g/mol. The highest BCUT2D eigenvalue weighted by atomic mass is 79.9. The molecule has 16 nitrogen and oxygen atoms in total. The second-order valence-corrected chi connectivity index (χ2v) is 15.9. The van der Waals surface area contributed by atoms with Crippen molar-refractivity contribution in [3.63, 3.8) is 0 Å². The van der Waals surface area contributed by atoms with Gasteiger partial charge in [-0.1, -0.05) is 29.8 Å². The van der Waals surface area contributed by atoms with E-state index in [-0.39, 0.29) is 65.9 Å². The number of hydrogen-bond donors (Lipinski definition) is 2. The maximum atomic E-state index is 12.6. The van der Waals surface area contributed by atoms with Gasteiger partial charge >= 0.3 is 6.09 Å². The van der Waals surface area contributed by atoms with Gasteiger partial charge in [0, 0.05) is 60.4 Å². The zero-order chi connectivity index (χ0) is 42.0. The van der Waals surface area contributed by atoms with Gasteiger partial charge in [0.15, 0.2) is 0 Å². The second-order valence-electron chi connectivity index (χ2n) is 14.3. The molecule has 5 heterocycles. The highest BCUT2D eigenvalue weighted by molar-refractivity contribution is 9.10. The Kier molecular flexibility index (Phi) is 16.3. The number of methoxy groups -OCH3 is 2. The van der Waals surface area contributed by atoms with Gasteiger partial charge in [-0.3, -0.25) is 14.4 Å². The van der Waals surface area contributed by atoms with Gasteiger partial charge in [-0.2, -0.15) is 0 Å². The van der Waals surface area contributed by atoms with Crippen LogP contribution in [0.15, 0.2) is 53.9 Å². The summed E-state index contributed by atoms with van der Waals surface area (Å²) in [5.41, 5.74) is 2.07. The lowest BCUT2D eigenvalue weighted by Gasteiger charge is -2.46. The van der Waals surface area contributed by atoms with Gasteiger partial charge in [0.2, 0.25) is 11.8 Å². The number of carbonyl (C=O) groups excluding carboxylic acids is 4. The van der Waals surface area contributed by atoms with Gasteiger partial charge in [0.1, 0.15) is 32.5 Å². The Hall–Kier alpha value is -4.26. The highest BCUT2D eigenvalue weighted by Crippen LogP contribution is 2.33. The summed E-state index contributed by atoms with van der Waals surface area (Å²) in [7, 11) is 4.69. The van der Waals surface area contributed by atoms with Gasteiger partial charge in [0.05, 0.1) is 42.7 Å². The predicted octanol–water partition coefficient (Wildman–Crippen LogP) is 4.88. The summed E-state index contributed by atoms with van der Waals surface area (Å²) in [5, 5.41) is 6.59. The zero-order valence-corrected chi connectivity index (χ0v) is 36.0. The van der Waals surface area contributed by atoms with E-state index in [4.69, 9.17) is 37.4 Å². The molecule has 2 aliphatic heterocycles. The third-order valence-electron chi connectivity index (χ3n) is 8.84. The van der Waals surface area contributed by atoms with Crippen LogP contribution in [0.5, 0.6) is 0 Å². The SMILES string of the molecule is C=CC(=O)N1C[C@@H](COC)N(C(C)=O)[C@H](c2cc(Cl)nc(-c3cc(C(=O)NC)ncn3)c2)C1.COC[C@@H]1CN(C(=O)OC(C)(C)C)C[C@@H](c2cc(Cl)nc(Br)c2)N1. The first-order chi connectivity index (χ1) is 27.0. The van der Waals surface area contributed by atoms with Gasteiger partial charge in [0.25, 0.3) is 5.91 Å². The summed E-state index contributed by atoms with van der Waals surface area (Å²) in [6.07, 6.45) is 2.19. The van der Waals surface area contributed by atoms with Crippen molar-refractivity contribution in [2.24, 2.45) is 0 Å². The fraction of sp³-hybridized carbons (Fsp3) is 0.474. The molecule has 3 aromatic heterocycles. The van der Waals surface area contributed by atoms with Gasteiger partial charge in [-0.25, -0.2) is 24.7 Å². The van der Waals surface area contributed by atoms with E-state index in [1.165, 1.54) is 32.4 Å². The monoisotopic (exact) mass is 891 g/mol. The van der Waals surface area contributed by atoms with Crippen LogP contribution in [0.2, 0.25) is 10.3 Å². The molecule has 0 aliphatic carbocycles. The van der Waals surface area contributed by atoms with Crippen LogP contribution in [0.1, 0.15) is 61.4 Å². The number of amides is 4. The average Bonchev–Trinajstić information content (AvgIpc) is 3.16. The van der Waals surface area contributed by atoms with Crippen LogP contribution >= 0.6 is 39.1 Å². The minimum atomic E-state index is -0.531. The average molecular weight is 894 g/mol. The van der Waals surface area contributed by atoms with Gasteiger partial charge < -0.3 is 39.5 Å². The number of halogens is 3. The number of aromatic nitrogens is 4. The molecule has 5 rings (SSSR count). The predicted molar refractivity (Wildman–Crippen MR) is 218 cm³/mol. The van der Waals surface area contributed by atoms with Crippen LogP contribution in [-0.4, -0.2) is 137 Å². The lowest BCUT2D eigenvalue weighted by molar-refractivity contribution is -0.146. The second kappa shape index (κ2) is 20.4. The van der Waals surface area contributed by atoms with Crippen molar-refractivity contribution >= 4 is 62.9 Å². The molecule has 308 valence electrons. The normalized spacial score (nSPS) is 19.6. The number of nitrogens with zero attached hydrogens (tertiary/aromatic N) is 7. The van der Waals surface area contributed by atoms with Crippen molar-refractivity contribution in [3.05, 3.63) is 81.0 Å². The van der Waals surface area contributed by atoms with E-state index < -0.39 is 11.6 Å². The molecule has 2 aliphatic rings. The van der Waals surface area contributed by atoms with Crippen molar-refractivity contribution in [1.82, 2.24) is 45.3 Å². The number of carbonyl (C=O) groups is 4. The number of nitrogens with one attached hydrogen (secondary N) is 2. The van der Waals surface area contributed by atoms with Gasteiger partial charge in [-0.05, 0) is 84.2 Å². The number of ether oxygens (including phenoxy) is 3. The molecule has 3 aromatic rings. The van der Waals surface area contributed by atoms with Crippen LogP contribution in [0, 0.1) is 0 Å². The van der Waals surface area contributed by atoms with Crippen LogP contribution in [0.3, 0.4) is 0 Å². The number of pyridine rings is 2. The lowest BCUT2D eigenvalue weighted by Crippen LogP contribution is -2.58. The van der Waals surface area contributed by atoms with Crippen molar-refractivity contribution in [1.29, 1.82) is 0 Å². The Morgan fingerprint density at radius 3 is 2.23 bits per heavy atom. The first-order valence-corrected chi connectivity index (χ1v) is 19.5. The molecule has 57 heavy (non-hydrogen) atoms. The Labute approximate surface area is 350 Å². The fourth-order valence-electron chi connectivity index (χ4n) is 6.55. The van der Waals surface area contributed by atoms with E-state index >= 15 is 0 Å². The number of piperazine rings is 2. The first-order valence-electron chi connectivity index (χ1n) is 17.9. The Balaban J connectivity index is 0.000000266. The van der Waals surface area contributed by atoms with Crippen LogP contribution < -0.4 is 10.6 Å². The molecule has 0 spiro atoms. The minimum Gasteiger partial charge on any atom is -0.444 e. The van der Waals surface area contributed by atoms with Crippen LogP contribution in [-0.2, 0) is 23.8 Å². The maximum Gasteiger partial charge on any atom is 0.410 e. The molecule has 4 amide bonds. The minimum absolute atomic E-state index is 0.00647. The van der Waals surface area contributed by atoms with Crippen molar-refractivity contribution in [2.45, 2.75) is 57.5 Å². The summed E-state index contributed by atoms with van der Waals surface area (Å²) in [5.74, 6) is -0.765. The molecule has 0 radical (unpaired) electrons. The maximum absolute atomic E-state index is 12.6. The molecule has 2 N–H and O–H groups in total.